The molecule has 3 heteroatoms. The van der Waals surface area contributed by atoms with E-state index in [1.54, 1.807) is 0 Å². The molecule has 1 aromatic rings. The normalized spacial score (nSPS) is 22.4. The lowest BCUT2D eigenvalue weighted by Gasteiger charge is -2.19. The Morgan fingerprint density at radius 1 is 1.29 bits per heavy atom. The minimum Gasteiger partial charge on any atom is -0.467 e. The summed E-state index contributed by atoms with van der Waals surface area (Å²) in [6.07, 6.45) is 1.74. The van der Waals surface area contributed by atoms with Gasteiger partial charge in [-0.1, -0.05) is 6.07 Å². The zero-order chi connectivity index (χ0) is 9.60. The fraction of sp³-hybridized carbons (Fsp3) is 0.455. The van der Waals surface area contributed by atoms with Gasteiger partial charge in [-0.05, 0) is 30.5 Å². The number of hydrogen-bond acceptors (Lipinski definition) is 3. The highest BCUT2D eigenvalue weighted by Gasteiger charge is 2.42. The van der Waals surface area contributed by atoms with Crippen molar-refractivity contribution in [2.24, 2.45) is 0 Å². The van der Waals surface area contributed by atoms with Gasteiger partial charge >= 0.3 is 0 Å². The predicted molar refractivity (Wildman–Crippen MR) is 49.9 cm³/mol. The van der Waals surface area contributed by atoms with Gasteiger partial charge in [-0.2, -0.15) is 0 Å². The first-order valence-electron chi connectivity index (χ1n) is 4.84. The quantitative estimate of drug-likeness (QED) is 0.733. The second-order valence-electron chi connectivity index (χ2n) is 3.96. The molecule has 1 heterocycles. The van der Waals surface area contributed by atoms with Crippen LogP contribution < -0.4 is 4.74 Å². The highest BCUT2D eigenvalue weighted by atomic mass is 16.7. The summed E-state index contributed by atoms with van der Waals surface area (Å²) in [6, 6.07) is 5.85. The Morgan fingerprint density at radius 2 is 2.14 bits per heavy atom. The summed E-state index contributed by atoms with van der Waals surface area (Å²) >= 11 is 0. The minimum absolute atomic E-state index is 0.330. The molecule has 3 nitrogen and oxygen atoms in total. The van der Waals surface area contributed by atoms with Crippen LogP contribution in [0.5, 0.6) is 5.75 Å². The maximum Gasteiger partial charge on any atom is 0.189 e. The van der Waals surface area contributed by atoms with Crippen LogP contribution in [-0.2, 0) is 16.9 Å². The predicted octanol–water partition coefficient (Wildman–Crippen LogP) is 1.53. The summed E-state index contributed by atoms with van der Waals surface area (Å²) in [4.78, 5) is 0. The van der Waals surface area contributed by atoms with E-state index in [-0.39, 0.29) is 0 Å². The molecule has 1 fully saturated rings. The first kappa shape index (κ1) is 8.26. The Balaban J connectivity index is 2.01. The second-order valence-corrected chi connectivity index (χ2v) is 3.96. The topological polar surface area (TPSA) is 38.7 Å². The number of aliphatic hydroxyl groups is 1. The third kappa shape index (κ3) is 1.21. The molecule has 3 rings (SSSR count). The summed E-state index contributed by atoms with van der Waals surface area (Å²) in [7, 11) is 0. The van der Waals surface area contributed by atoms with Crippen LogP contribution in [0.25, 0.3) is 0 Å². The molecule has 1 saturated carbocycles. The van der Waals surface area contributed by atoms with Gasteiger partial charge < -0.3 is 14.6 Å². The van der Waals surface area contributed by atoms with Gasteiger partial charge in [0.05, 0.1) is 12.2 Å². The molecule has 14 heavy (non-hydrogen) atoms. The average molecular weight is 192 g/mol. The van der Waals surface area contributed by atoms with Crippen LogP contribution in [0.4, 0.5) is 0 Å². The van der Waals surface area contributed by atoms with Crippen molar-refractivity contribution in [2.45, 2.75) is 25.0 Å². The molecule has 0 unspecified atom stereocenters. The van der Waals surface area contributed by atoms with Crippen LogP contribution in [-0.4, -0.2) is 11.9 Å². The highest BCUT2D eigenvalue weighted by Crippen LogP contribution is 2.46. The van der Waals surface area contributed by atoms with Crippen molar-refractivity contribution in [3.63, 3.8) is 0 Å². The second kappa shape index (κ2) is 2.72. The van der Waals surface area contributed by atoms with Crippen molar-refractivity contribution in [3.05, 3.63) is 29.3 Å². The van der Waals surface area contributed by atoms with Gasteiger partial charge in [-0.15, -0.1) is 0 Å². The molecule has 74 valence electrons. The number of rotatable bonds is 1. The van der Waals surface area contributed by atoms with E-state index in [0.717, 1.165) is 29.7 Å². The molecular formula is C11H12O3. The molecular weight excluding hydrogens is 180 g/mol. The van der Waals surface area contributed by atoms with Crippen LogP contribution in [0.15, 0.2) is 18.2 Å². The Labute approximate surface area is 82.3 Å². The van der Waals surface area contributed by atoms with E-state index in [9.17, 15) is 5.11 Å². The fourth-order valence-electron chi connectivity index (χ4n) is 1.79. The highest BCUT2D eigenvalue weighted by molar-refractivity contribution is 5.41. The number of ether oxygens (including phenoxy) is 2. The van der Waals surface area contributed by atoms with Crippen molar-refractivity contribution in [1.29, 1.82) is 0 Å². The SMILES string of the molecule is OC1(c2ccc3c(c2)COCO3)CC1. The summed E-state index contributed by atoms with van der Waals surface area (Å²) in [5, 5.41) is 9.92. The first-order valence-corrected chi connectivity index (χ1v) is 4.84. The monoisotopic (exact) mass is 192 g/mol. The summed E-state index contributed by atoms with van der Waals surface area (Å²) in [5.41, 5.74) is 1.46. The number of fused-ring (bicyclic) bond motifs is 1. The lowest BCUT2D eigenvalue weighted by molar-refractivity contribution is -0.0165. The molecule has 0 saturated heterocycles. The maximum atomic E-state index is 9.92. The van der Waals surface area contributed by atoms with Crippen LogP contribution in [0.2, 0.25) is 0 Å². The van der Waals surface area contributed by atoms with Gasteiger partial charge in [0.15, 0.2) is 6.79 Å². The molecule has 0 amide bonds. The van der Waals surface area contributed by atoms with Crippen molar-refractivity contribution in [3.8, 4) is 5.75 Å². The minimum atomic E-state index is -0.563. The summed E-state index contributed by atoms with van der Waals surface area (Å²) in [5.74, 6) is 0.879. The van der Waals surface area contributed by atoms with Gasteiger partial charge in [0.25, 0.3) is 0 Å². The third-order valence-electron chi connectivity index (χ3n) is 2.88. The standard InChI is InChI=1S/C11H12O3/c12-11(3-4-11)9-1-2-10-8(5-9)6-13-7-14-10/h1-2,5,12H,3-4,6-7H2. The first-order chi connectivity index (χ1) is 6.78. The molecule has 0 bridgehead atoms. The van der Waals surface area contributed by atoms with Crippen molar-refractivity contribution in [2.75, 3.05) is 6.79 Å². The van der Waals surface area contributed by atoms with Gasteiger partial charge in [-0.25, -0.2) is 0 Å². The molecule has 1 aliphatic heterocycles. The lowest BCUT2D eigenvalue weighted by atomic mass is 10.0. The van der Waals surface area contributed by atoms with Crippen LogP contribution >= 0.6 is 0 Å². The van der Waals surface area contributed by atoms with Gasteiger partial charge in [0.2, 0.25) is 0 Å². The van der Waals surface area contributed by atoms with E-state index in [1.165, 1.54) is 0 Å². The van der Waals surface area contributed by atoms with E-state index >= 15 is 0 Å². The average Bonchev–Trinajstić information content (AvgIpc) is 2.97. The molecule has 0 spiro atoms. The Kier molecular flexibility index (Phi) is 1.60. The van der Waals surface area contributed by atoms with Crippen molar-refractivity contribution >= 4 is 0 Å². The Hall–Kier alpha value is -1.06. The maximum absolute atomic E-state index is 9.92. The van der Waals surface area contributed by atoms with E-state index in [2.05, 4.69) is 0 Å². The largest absolute Gasteiger partial charge is 0.467 e. The third-order valence-corrected chi connectivity index (χ3v) is 2.88. The summed E-state index contributed by atoms with van der Waals surface area (Å²) in [6.45, 7) is 0.913. The van der Waals surface area contributed by atoms with E-state index in [1.807, 2.05) is 18.2 Å². The Bertz CT molecular complexity index is 369. The molecule has 2 aliphatic rings. The van der Waals surface area contributed by atoms with E-state index in [4.69, 9.17) is 9.47 Å². The molecule has 0 radical (unpaired) electrons. The van der Waals surface area contributed by atoms with Crippen molar-refractivity contribution in [1.82, 2.24) is 0 Å². The molecule has 1 aromatic carbocycles. The van der Waals surface area contributed by atoms with Gasteiger partial charge in [-0.3, -0.25) is 0 Å². The number of benzene rings is 1. The van der Waals surface area contributed by atoms with Crippen LogP contribution in [0.3, 0.4) is 0 Å². The fourth-order valence-corrected chi connectivity index (χ4v) is 1.79. The van der Waals surface area contributed by atoms with Crippen LogP contribution in [0.1, 0.15) is 24.0 Å². The summed E-state index contributed by atoms with van der Waals surface area (Å²) < 4.78 is 10.5. The zero-order valence-electron chi connectivity index (χ0n) is 7.82. The molecule has 1 aliphatic carbocycles. The van der Waals surface area contributed by atoms with Crippen LogP contribution in [0, 0.1) is 0 Å². The smallest absolute Gasteiger partial charge is 0.189 e. The van der Waals surface area contributed by atoms with E-state index in [0.29, 0.717) is 13.4 Å². The molecule has 1 N–H and O–H groups in total. The zero-order valence-corrected chi connectivity index (χ0v) is 7.82. The van der Waals surface area contributed by atoms with Crippen molar-refractivity contribution < 1.29 is 14.6 Å². The lowest BCUT2D eigenvalue weighted by Crippen LogP contribution is -2.13. The van der Waals surface area contributed by atoms with Gasteiger partial charge in [0.1, 0.15) is 5.75 Å². The Morgan fingerprint density at radius 3 is 2.93 bits per heavy atom. The molecule has 0 atom stereocenters. The van der Waals surface area contributed by atoms with Gasteiger partial charge in [0, 0.05) is 5.56 Å². The number of hydrogen-bond donors (Lipinski definition) is 1. The van der Waals surface area contributed by atoms with E-state index < -0.39 is 5.60 Å². The molecule has 0 aromatic heterocycles.